The van der Waals surface area contributed by atoms with Crippen LogP contribution < -0.4 is 10.1 Å². The molecule has 5 heteroatoms. The maximum absolute atomic E-state index is 12.3. The quantitative estimate of drug-likeness (QED) is 0.469. The van der Waals surface area contributed by atoms with Crippen molar-refractivity contribution in [3.05, 3.63) is 59.7 Å². The average molecular weight is 369 g/mol. The van der Waals surface area contributed by atoms with Gasteiger partial charge in [-0.2, -0.15) is 0 Å². The Morgan fingerprint density at radius 1 is 0.815 bits per heavy atom. The number of carbonyl (C=O) groups excluding carboxylic acids is 2. The van der Waals surface area contributed by atoms with E-state index in [0.29, 0.717) is 30.0 Å². The van der Waals surface area contributed by atoms with Crippen molar-refractivity contribution in [1.82, 2.24) is 0 Å². The minimum Gasteiger partial charge on any atom is -0.494 e. The van der Waals surface area contributed by atoms with Gasteiger partial charge in [0.25, 0.3) is 5.91 Å². The van der Waals surface area contributed by atoms with Gasteiger partial charge in [-0.1, -0.05) is 26.7 Å². The molecule has 0 aliphatic carbocycles. The van der Waals surface area contributed by atoms with Crippen LogP contribution in [0.25, 0.3) is 0 Å². The van der Waals surface area contributed by atoms with Crippen LogP contribution in [0, 0.1) is 0 Å². The lowest BCUT2D eigenvalue weighted by Crippen LogP contribution is -2.12. The Hall–Kier alpha value is -2.82. The number of ether oxygens (including phenoxy) is 2. The first kappa shape index (κ1) is 20.5. The first-order chi connectivity index (χ1) is 13.1. The molecule has 0 fully saturated rings. The molecule has 144 valence electrons. The maximum Gasteiger partial charge on any atom is 0.338 e. The van der Waals surface area contributed by atoms with E-state index in [-0.39, 0.29) is 11.9 Å². The Bertz CT molecular complexity index is 723. The van der Waals surface area contributed by atoms with Crippen LogP contribution >= 0.6 is 0 Å². The maximum atomic E-state index is 12.3. The minimum absolute atomic E-state index is 0.214. The fourth-order valence-corrected chi connectivity index (χ4v) is 2.42. The number of nitrogens with one attached hydrogen (secondary N) is 1. The summed E-state index contributed by atoms with van der Waals surface area (Å²) in [5.74, 6) is 0.190. The number of hydrogen-bond donors (Lipinski definition) is 1. The third kappa shape index (κ3) is 6.77. The lowest BCUT2D eigenvalue weighted by atomic mass is 10.1. The van der Waals surface area contributed by atoms with Crippen LogP contribution in [0.5, 0.6) is 5.75 Å². The Morgan fingerprint density at radius 3 is 2.11 bits per heavy atom. The summed E-state index contributed by atoms with van der Waals surface area (Å²) in [6.45, 7) is 5.18. The van der Waals surface area contributed by atoms with E-state index in [2.05, 4.69) is 12.2 Å². The number of anilines is 1. The van der Waals surface area contributed by atoms with Gasteiger partial charge in [0.05, 0.1) is 18.8 Å². The summed E-state index contributed by atoms with van der Waals surface area (Å²) in [6, 6.07) is 13.7. The Labute approximate surface area is 160 Å². The predicted octanol–water partition coefficient (Wildman–Crippen LogP) is 5.07. The first-order valence-electron chi connectivity index (χ1n) is 9.45. The van der Waals surface area contributed by atoms with Crippen LogP contribution in [-0.4, -0.2) is 25.1 Å². The van der Waals surface area contributed by atoms with Gasteiger partial charge in [0, 0.05) is 11.3 Å². The number of amides is 1. The van der Waals surface area contributed by atoms with E-state index in [1.807, 2.05) is 6.92 Å². The summed E-state index contributed by atoms with van der Waals surface area (Å²) in [7, 11) is 0. The smallest absolute Gasteiger partial charge is 0.338 e. The molecule has 0 spiro atoms. The van der Waals surface area contributed by atoms with Crippen molar-refractivity contribution < 1.29 is 19.1 Å². The van der Waals surface area contributed by atoms with E-state index in [4.69, 9.17) is 9.47 Å². The van der Waals surface area contributed by atoms with Gasteiger partial charge in [-0.15, -0.1) is 0 Å². The fraction of sp³-hybridized carbons (Fsp3) is 0.364. The van der Waals surface area contributed by atoms with Gasteiger partial charge in [0.2, 0.25) is 0 Å². The molecule has 1 amide bonds. The summed E-state index contributed by atoms with van der Waals surface area (Å²) in [4.78, 5) is 24.1. The molecule has 2 aromatic rings. The molecule has 27 heavy (non-hydrogen) atoms. The molecule has 0 aliphatic rings. The Kier molecular flexibility index (Phi) is 8.36. The highest BCUT2D eigenvalue weighted by atomic mass is 16.5. The minimum atomic E-state index is -0.357. The number of esters is 1. The van der Waals surface area contributed by atoms with Crippen LogP contribution in [0.2, 0.25) is 0 Å². The average Bonchev–Trinajstić information content (AvgIpc) is 2.70. The predicted molar refractivity (Wildman–Crippen MR) is 106 cm³/mol. The molecule has 2 aromatic carbocycles. The molecule has 0 radical (unpaired) electrons. The Morgan fingerprint density at radius 2 is 1.48 bits per heavy atom. The van der Waals surface area contributed by atoms with Crippen LogP contribution in [0.4, 0.5) is 5.69 Å². The first-order valence-corrected chi connectivity index (χ1v) is 9.45. The van der Waals surface area contributed by atoms with Crippen LogP contribution in [0.15, 0.2) is 48.5 Å². The Balaban J connectivity index is 1.88. The van der Waals surface area contributed by atoms with Crippen molar-refractivity contribution in [2.45, 2.75) is 39.5 Å². The molecule has 0 heterocycles. The van der Waals surface area contributed by atoms with E-state index >= 15 is 0 Å². The lowest BCUT2D eigenvalue weighted by molar-refractivity contribution is 0.0505. The van der Waals surface area contributed by atoms with Crippen LogP contribution in [0.1, 0.15) is 60.2 Å². The molecule has 0 saturated carbocycles. The number of carbonyl (C=O) groups is 2. The van der Waals surface area contributed by atoms with E-state index in [0.717, 1.165) is 31.4 Å². The molecule has 0 unspecified atom stereocenters. The third-order valence-corrected chi connectivity index (χ3v) is 3.95. The summed E-state index contributed by atoms with van der Waals surface area (Å²) in [6.07, 6.45) is 4.11. The van der Waals surface area contributed by atoms with Crippen molar-refractivity contribution in [3.8, 4) is 5.75 Å². The van der Waals surface area contributed by atoms with Crippen LogP contribution in [-0.2, 0) is 4.74 Å². The molecule has 0 aromatic heterocycles. The van der Waals surface area contributed by atoms with Gasteiger partial charge in [-0.3, -0.25) is 4.79 Å². The summed E-state index contributed by atoms with van der Waals surface area (Å²) >= 11 is 0. The zero-order chi connectivity index (χ0) is 19.5. The second-order valence-electron chi connectivity index (χ2n) is 6.25. The van der Waals surface area contributed by atoms with Gasteiger partial charge in [0.1, 0.15) is 5.75 Å². The van der Waals surface area contributed by atoms with Gasteiger partial charge < -0.3 is 14.8 Å². The molecule has 2 rings (SSSR count). The SMILES string of the molecule is CCCCCOc1ccc(C(=O)Nc2ccc(C(=O)OCCC)cc2)cc1. The topological polar surface area (TPSA) is 64.6 Å². The molecular weight excluding hydrogens is 342 g/mol. The second-order valence-corrected chi connectivity index (χ2v) is 6.25. The number of unbranched alkanes of at least 4 members (excludes halogenated alkanes) is 2. The fourth-order valence-electron chi connectivity index (χ4n) is 2.42. The van der Waals surface area contributed by atoms with Crippen LogP contribution in [0.3, 0.4) is 0 Å². The van der Waals surface area contributed by atoms with Crippen molar-refractivity contribution in [3.63, 3.8) is 0 Å². The molecular formula is C22H27NO4. The summed E-state index contributed by atoms with van der Waals surface area (Å²) in [5, 5.41) is 2.82. The lowest BCUT2D eigenvalue weighted by Gasteiger charge is -2.08. The van der Waals surface area contributed by atoms with E-state index < -0.39 is 0 Å². The number of hydrogen-bond acceptors (Lipinski definition) is 4. The normalized spacial score (nSPS) is 10.3. The van der Waals surface area contributed by atoms with Gasteiger partial charge in [-0.25, -0.2) is 4.79 Å². The van der Waals surface area contributed by atoms with Crippen molar-refractivity contribution >= 4 is 17.6 Å². The van der Waals surface area contributed by atoms with Crippen molar-refractivity contribution in [2.24, 2.45) is 0 Å². The molecule has 1 N–H and O–H groups in total. The molecule has 0 atom stereocenters. The zero-order valence-electron chi connectivity index (χ0n) is 16.0. The zero-order valence-corrected chi connectivity index (χ0v) is 16.0. The monoisotopic (exact) mass is 369 g/mol. The molecule has 0 saturated heterocycles. The summed E-state index contributed by atoms with van der Waals surface area (Å²) in [5.41, 5.74) is 1.63. The van der Waals surface area contributed by atoms with Gasteiger partial charge in [0.15, 0.2) is 0 Å². The van der Waals surface area contributed by atoms with E-state index in [1.165, 1.54) is 0 Å². The standard InChI is InChI=1S/C22H27NO4/c1-3-5-6-16-26-20-13-9-17(10-14-20)21(24)23-19-11-7-18(8-12-19)22(25)27-15-4-2/h7-14H,3-6,15-16H2,1-2H3,(H,23,24). The highest BCUT2D eigenvalue weighted by Crippen LogP contribution is 2.16. The largest absolute Gasteiger partial charge is 0.494 e. The van der Waals surface area contributed by atoms with Crippen molar-refractivity contribution in [2.75, 3.05) is 18.5 Å². The number of rotatable bonds is 10. The molecule has 0 bridgehead atoms. The third-order valence-electron chi connectivity index (χ3n) is 3.95. The van der Waals surface area contributed by atoms with Gasteiger partial charge in [-0.05, 0) is 61.4 Å². The van der Waals surface area contributed by atoms with Crippen molar-refractivity contribution in [1.29, 1.82) is 0 Å². The molecule has 0 aliphatic heterocycles. The molecule has 5 nitrogen and oxygen atoms in total. The number of benzene rings is 2. The highest BCUT2D eigenvalue weighted by Gasteiger charge is 2.09. The summed E-state index contributed by atoms with van der Waals surface area (Å²) < 4.78 is 10.7. The van der Waals surface area contributed by atoms with Gasteiger partial charge >= 0.3 is 5.97 Å². The second kappa shape index (κ2) is 11.0. The highest BCUT2D eigenvalue weighted by molar-refractivity contribution is 6.04. The van der Waals surface area contributed by atoms with E-state index in [1.54, 1.807) is 48.5 Å². The van der Waals surface area contributed by atoms with E-state index in [9.17, 15) is 9.59 Å².